The first kappa shape index (κ1) is 20.1. The molecule has 0 radical (unpaired) electrons. The maximum absolute atomic E-state index is 13.0. The van der Waals surface area contributed by atoms with Gasteiger partial charge in [0.2, 0.25) is 5.43 Å². The van der Waals surface area contributed by atoms with E-state index in [-0.39, 0.29) is 23.3 Å². The highest BCUT2D eigenvalue weighted by Gasteiger charge is 2.24. The lowest BCUT2D eigenvalue weighted by Crippen LogP contribution is -2.07. The van der Waals surface area contributed by atoms with Gasteiger partial charge in [0.05, 0.1) is 11.1 Å². The minimum absolute atomic E-state index is 0.188. The van der Waals surface area contributed by atoms with Crippen molar-refractivity contribution in [2.45, 2.75) is 6.61 Å². The second-order valence-electron chi connectivity index (χ2n) is 7.93. The van der Waals surface area contributed by atoms with E-state index in [1.807, 2.05) is 91.0 Å². The number of para-hydroxylation sites is 1. The highest BCUT2D eigenvalue weighted by atomic mass is 16.4. The fourth-order valence-electron chi connectivity index (χ4n) is 4.28. The molecular weight excluding hydrogens is 426 g/mol. The maximum Gasteiger partial charge on any atom is 0.211 e. The van der Waals surface area contributed by atoms with Gasteiger partial charge in [0.1, 0.15) is 18.1 Å². The van der Waals surface area contributed by atoms with Gasteiger partial charge in [-0.2, -0.15) is 5.10 Å². The predicted molar refractivity (Wildman–Crippen MR) is 132 cm³/mol. The van der Waals surface area contributed by atoms with E-state index in [0.717, 1.165) is 27.9 Å². The van der Waals surface area contributed by atoms with Crippen molar-refractivity contribution in [2.24, 2.45) is 0 Å². The molecule has 1 N–H and O–H groups in total. The third-order valence-electron chi connectivity index (χ3n) is 5.80. The minimum Gasteiger partial charge on any atom is -0.456 e. The number of fused-ring (bicyclic) bond motifs is 2. The first-order valence-electron chi connectivity index (χ1n) is 10.9. The normalized spacial score (nSPS) is 11.3. The van der Waals surface area contributed by atoms with E-state index in [0.29, 0.717) is 16.8 Å². The average Bonchev–Trinajstić information content (AvgIpc) is 3.28. The van der Waals surface area contributed by atoms with Gasteiger partial charge in [0.25, 0.3) is 0 Å². The Kier molecular flexibility index (Phi) is 4.78. The van der Waals surface area contributed by atoms with E-state index in [9.17, 15) is 9.90 Å². The summed E-state index contributed by atoms with van der Waals surface area (Å²) in [6.07, 6.45) is 0. The number of benzene rings is 3. The van der Waals surface area contributed by atoms with Gasteiger partial charge < -0.3 is 9.52 Å². The lowest BCUT2D eigenvalue weighted by Gasteiger charge is -2.10. The third-order valence-corrected chi connectivity index (χ3v) is 5.80. The van der Waals surface area contributed by atoms with Gasteiger partial charge in [-0.1, -0.05) is 78.9 Å². The van der Waals surface area contributed by atoms with Crippen LogP contribution in [0, 0.1) is 0 Å². The number of aromatic nitrogens is 3. The molecule has 6 aromatic rings. The van der Waals surface area contributed by atoms with E-state index in [4.69, 9.17) is 14.5 Å². The van der Waals surface area contributed by atoms with Crippen LogP contribution >= 0.6 is 0 Å². The van der Waals surface area contributed by atoms with Crippen LogP contribution in [0.15, 0.2) is 106 Å². The van der Waals surface area contributed by atoms with Crippen LogP contribution < -0.4 is 5.43 Å². The van der Waals surface area contributed by atoms with Gasteiger partial charge in [0.15, 0.2) is 16.7 Å². The Labute approximate surface area is 194 Å². The van der Waals surface area contributed by atoms with Crippen molar-refractivity contribution in [1.82, 2.24) is 14.8 Å². The van der Waals surface area contributed by atoms with Gasteiger partial charge in [-0.3, -0.25) is 4.79 Å². The zero-order chi connectivity index (χ0) is 23.1. The van der Waals surface area contributed by atoms with Crippen LogP contribution in [0.25, 0.3) is 50.2 Å². The Morgan fingerprint density at radius 1 is 0.824 bits per heavy atom. The molecule has 0 saturated carbocycles. The fraction of sp³-hybridized carbons (Fsp3) is 0.0357. The molecule has 0 amide bonds. The summed E-state index contributed by atoms with van der Waals surface area (Å²) in [6, 6.07) is 30.6. The molecule has 0 aliphatic heterocycles. The molecule has 0 spiro atoms. The molecule has 0 saturated heterocycles. The first-order valence-corrected chi connectivity index (χ1v) is 10.9. The van der Waals surface area contributed by atoms with Crippen LogP contribution in [-0.4, -0.2) is 19.9 Å². The molecule has 3 heterocycles. The largest absolute Gasteiger partial charge is 0.456 e. The van der Waals surface area contributed by atoms with Gasteiger partial charge in [-0.25, -0.2) is 9.67 Å². The topological polar surface area (TPSA) is 81.1 Å². The van der Waals surface area contributed by atoms with Crippen molar-refractivity contribution in [1.29, 1.82) is 0 Å². The third kappa shape index (κ3) is 3.20. The number of aliphatic hydroxyl groups excluding tert-OH is 1. The van der Waals surface area contributed by atoms with E-state index in [2.05, 4.69) is 0 Å². The molecule has 0 atom stereocenters. The molecule has 0 aliphatic rings. The Bertz CT molecular complexity index is 1690. The second-order valence-corrected chi connectivity index (χ2v) is 7.93. The van der Waals surface area contributed by atoms with E-state index in [1.54, 1.807) is 4.68 Å². The molecule has 0 unspecified atom stereocenters. The van der Waals surface area contributed by atoms with Gasteiger partial charge in [0, 0.05) is 17.2 Å². The summed E-state index contributed by atoms with van der Waals surface area (Å²) in [6.45, 7) is -0.383. The average molecular weight is 445 g/mol. The number of hydrogen-bond acceptors (Lipinski definition) is 5. The summed E-state index contributed by atoms with van der Waals surface area (Å²) in [5.41, 5.74) is 4.83. The molecule has 0 aliphatic carbocycles. The number of hydrogen-bond donors (Lipinski definition) is 1. The van der Waals surface area contributed by atoms with Crippen molar-refractivity contribution in [3.8, 4) is 28.1 Å². The smallest absolute Gasteiger partial charge is 0.211 e. The second kappa shape index (κ2) is 8.10. The van der Waals surface area contributed by atoms with Crippen molar-refractivity contribution < 1.29 is 9.52 Å². The van der Waals surface area contributed by atoms with Gasteiger partial charge in [-0.05, 0) is 17.7 Å². The summed E-state index contributed by atoms with van der Waals surface area (Å²) < 4.78 is 7.81. The maximum atomic E-state index is 13.0. The summed E-state index contributed by atoms with van der Waals surface area (Å²) in [7, 11) is 0. The summed E-state index contributed by atoms with van der Waals surface area (Å²) in [4.78, 5) is 17.8. The van der Waals surface area contributed by atoms with E-state index >= 15 is 0 Å². The number of nitrogens with zero attached hydrogens (tertiary/aromatic N) is 3. The van der Waals surface area contributed by atoms with Crippen molar-refractivity contribution in [3.63, 3.8) is 0 Å². The molecule has 6 heteroatoms. The van der Waals surface area contributed by atoms with Crippen LogP contribution in [0.5, 0.6) is 0 Å². The summed E-state index contributed by atoms with van der Waals surface area (Å²) in [5, 5.41) is 15.5. The Balaban J connectivity index is 1.86. The van der Waals surface area contributed by atoms with E-state index in [1.165, 1.54) is 6.07 Å². The molecule has 3 aromatic carbocycles. The Morgan fingerprint density at radius 3 is 2.09 bits per heavy atom. The van der Waals surface area contributed by atoms with Gasteiger partial charge >= 0.3 is 0 Å². The molecule has 3 aromatic heterocycles. The zero-order valence-electron chi connectivity index (χ0n) is 18.1. The zero-order valence-corrected chi connectivity index (χ0v) is 18.1. The number of pyridine rings is 1. The van der Waals surface area contributed by atoms with Crippen LogP contribution in [0.3, 0.4) is 0 Å². The lowest BCUT2D eigenvalue weighted by molar-refractivity contribution is 0.249. The van der Waals surface area contributed by atoms with Crippen LogP contribution in [0.1, 0.15) is 5.76 Å². The molecule has 164 valence electrons. The fourth-order valence-corrected chi connectivity index (χ4v) is 4.28. The SMILES string of the molecule is O=c1cc(CO)oc2c(-c3ccccc3)c3c(-c4ccccc4)nn(-c4ccccc4)c3nc12. The molecular formula is C28H19N3O3. The molecule has 34 heavy (non-hydrogen) atoms. The molecule has 0 bridgehead atoms. The Hall–Kier alpha value is -4.55. The number of rotatable bonds is 4. The summed E-state index contributed by atoms with van der Waals surface area (Å²) in [5.74, 6) is 0.188. The standard InChI is InChI=1S/C28H19N3O3/c32-17-21-16-22(33)26-27(34-21)23(18-10-4-1-5-11-18)24-25(19-12-6-2-7-13-19)30-31(28(24)29-26)20-14-8-3-9-15-20/h1-16,32H,17H2. The number of aliphatic hydroxyl groups is 1. The lowest BCUT2D eigenvalue weighted by atomic mass is 9.98. The molecule has 6 rings (SSSR count). The highest BCUT2D eigenvalue weighted by molar-refractivity contribution is 6.11. The quantitative estimate of drug-likeness (QED) is 0.395. The predicted octanol–water partition coefficient (Wildman–Crippen LogP) is 5.35. The molecule has 6 nitrogen and oxygen atoms in total. The minimum atomic E-state index is -0.383. The van der Waals surface area contributed by atoms with E-state index < -0.39 is 0 Å². The monoisotopic (exact) mass is 445 g/mol. The summed E-state index contributed by atoms with van der Waals surface area (Å²) >= 11 is 0. The van der Waals surface area contributed by atoms with Crippen molar-refractivity contribution in [3.05, 3.63) is 113 Å². The van der Waals surface area contributed by atoms with Crippen LogP contribution in [-0.2, 0) is 6.61 Å². The van der Waals surface area contributed by atoms with Crippen LogP contribution in [0.2, 0.25) is 0 Å². The highest BCUT2D eigenvalue weighted by Crippen LogP contribution is 2.40. The Morgan fingerprint density at radius 2 is 1.44 bits per heavy atom. The van der Waals surface area contributed by atoms with Crippen LogP contribution in [0.4, 0.5) is 0 Å². The van der Waals surface area contributed by atoms with Crippen molar-refractivity contribution in [2.75, 3.05) is 0 Å². The van der Waals surface area contributed by atoms with Crippen molar-refractivity contribution >= 4 is 22.1 Å². The first-order chi connectivity index (χ1) is 16.7. The van der Waals surface area contributed by atoms with Gasteiger partial charge in [-0.15, -0.1) is 0 Å². The molecule has 0 fully saturated rings.